The van der Waals surface area contributed by atoms with Crippen molar-refractivity contribution in [2.24, 2.45) is 0 Å². The maximum Gasteiger partial charge on any atom is 0.318 e. The van der Waals surface area contributed by atoms with Crippen LogP contribution in [0.1, 0.15) is 64.2 Å². The first kappa shape index (κ1) is 15.6. The number of amides is 2. The fourth-order valence-electron chi connectivity index (χ4n) is 2.98. The number of rotatable bonds is 6. The smallest absolute Gasteiger partial charge is 0.318 e. The first-order valence-corrected chi connectivity index (χ1v) is 8.09. The highest BCUT2D eigenvalue weighted by Gasteiger charge is 2.15. The van der Waals surface area contributed by atoms with E-state index in [9.17, 15) is 4.79 Å². The van der Waals surface area contributed by atoms with Crippen LogP contribution in [0.25, 0.3) is 0 Å². The Kier molecular flexibility index (Phi) is 7.15. The fraction of sp³-hybridized carbons (Fsp3) is 0.933. The Labute approximate surface area is 121 Å². The van der Waals surface area contributed by atoms with Crippen LogP contribution in [0.3, 0.4) is 0 Å². The molecule has 0 aromatic carbocycles. The summed E-state index contributed by atoms with van der Waals surface area (Å²) in [5.74, 6) is 0. The molecule has 0 radical (unpaired) electrons. The van der Waals surface area contributed by atoms with Crippen molar-refractivity contribution >= 4 is 6.03 Å². The molecule has 0 unspecified atom stereocenters. The quantitative estimate of drug-likeness (QED) is 0.737. The highest BCUT2D eigenvalue weighted by molar-refractivity contribution is 5.73. The van der Waals surface area contributed by atoms with Crippen molar-refractivity contribution in [1.29, 1.82) is 0 Å². The Hall–Kier alpha value is -0.810. The molecular weight excluding hydrogens is 256 g/mol. The molecule has 2 aliphatic carbocycles. The normalized spacial score (nSPS) is 21.6. The van der Waals surface area contributed by atoms with Crippen LogP contribution in [0.5, 0.6) is 0 Å². The number of carbonyl (C=O) groups is 1. The van der Waals surface area contributed by atoms with Crippen LogP contribution < -0.4 is 10.6 Å². The summed E-state index contributed by atoms with van der Waals surface area (Å²) in [4.78, 5) is 11.5. The number of carbonyl (C=O) groups excluding carboxylic acids is 1. The molecule has 0 aromatic rings. The number of hydrogen-bond donors (Lipinski definition) is 2. The van der Waals surface area contributed by atoms with Crippen molar-refractivity contribution in [3.8, 4) is 0 Å². The second-order valence-corrected chi connectivity index (χ2v) is 5.82. The van der Waals surface area contributed by atoms with Gasteiger partial charge in [-0.25, -0.2) is 4.79 Å². The van der Waals surface area contributed by atoms with E-state index >= 15 is 0 Å². The summed E-state index contributed by atoms with van der Waals surface area (Å²) < 4.78 is 11.3. The van der Waals surface area contributed by atoms with E-state index in [-0.39, 0.29) is 6.03 Å². The third-order valence-corrected chi connectivity index (χ3v) is 4.21. The van der Waals surface area contributed by atoms with Crippen molar-refractivity contribution in [2.45, 2.75) is 76.4 Å². The van der Waals surface area contributed by atoms with Crippen molar-refractivity contribution in [1.82, 2.24) is 10.6 Å². The fourth-order valence-corrected chi connectivity index (χ4v) is 2.98. The summed E-state index contributed by atoms with van der Waals surface area (Å²) in [7, 11) is 0. The Morgan fingerprint density at radius 3 is 1.55 bits per heavy atom. The average Bonchev–Trinajstić information content (AvgIpc) is 2.49. The van der Waals surface area contributed by atoms with E-state index in [1.165, 1.54) is 38.5 Å². The summed E-state index contributed by atoms with van der Waals surface area (Å²) in [5, 5.41) is 5.43. The van der Waals surface area contributed by atoms with Crippen molar-refractivity contribution < 1.29 is 14.3 Å². The Morgan fingerprint density at radius 2 is 1.15 bits per heavy atom. The minimum absolute atomic E-state index is 0.211. The standard InChI is InChI=1S/C15H28N2O3/c18-15(16-11-19-13-7-3-1-4-8-13)17-12-20-14-9-5-2-6-10-14/h13-14H,1-12H2,(H2,16,17,18). The second-order valence-electron chi connectivity index (χ2n) is 5.82. The summed E-state index contributed by atoms with van der Waals surface area (Å²) >= 11 is 0. The molecule has 0 heterocycles. The molecule has 2 rings (SSSR count). The van der Waals surface area contributed by atoms with Gasteiger partial charge in [0.25, 0.3) is 0 Å². The van der Waals surface area contributed by atoms with E-state index in [1.54, 1.807) is 0 Å². The lowest BCUT2D eigenvalue weighted by Gasteiger charge is -2.23. The van der Waals surface area contributed by atoms with Gasteiger partial charge in [0.2, 0.25) is 0 Å². The van der Waals surface area contributed by atoms with Gasteiger partial charge in [0.1, 0.15) is 13.5 Å². The average molecular weight is 284 g/mol. The van der Waals surface area contributed by atoms with Crippen LogP contribution in [-0.2, 0) is 9.47 Å². The van der Waals surface area contributed by atoms with Gasteiger partial charge in [-0.15, -0.1) is 0 Å². The van der Waals surface area contributed by atoms with E-state index in [2.05, 4.69) is 10.6 Å². The molecule has 20 heavy (non-hydrogen) atoms. The minimum atomic E-state index is -0.211. The Balaban J connectivity index is 1.45. The van der Waals surface area contributed by atoms with Gasteiger partial charge in [0.15, 0.2) is 0 Å². The van der Waals surface area contributed by atoms with Gasteiger partial charge in [-0.05, 0) is 25.7 Å². The van der Waals surface area contributed by atoms with Crippen LogP contribution in [0.4, 0.5) is 4.79 Å². The molecule has 2 N–H and O–H groups in total. The molecule has 116 valence electrons. The lowest BCUT2D eigenvalue weighted by Crippen LogP contribution is -2.40. The van der Waals surface area contributed by atoms with Crippen LogP contribution in [-0.4, -0.2) is 31.7 Å². The largest absolute Gasteiger partial charge is 0.358 e. The van der Waals surface area contributed by atoms with Gasteiger partial charge in [0, 0.05) is 0 Å². The summed E-state index contributed by atoms with van der Waals surface area (Å²) in [6.45, 7) is 0.583. The van der Waals surface area contributed by atoms with Crippen LogP contribution >= 0.6 is 0 Å². The SMILES string of the molecule is O=C(NCOC1CCCCC1)NCOC1CCCCC1. The summed E-state index contributed by atoms with van der Waals surface area (Å²) in [6, 6.07) is -0.211. The zero-order valence-electron chi connectivity index (χ0n) is 12.4. The van der Waals surface area contributed by atoms with E-state index in [0.29, 0.717) is 25.7 Å². The third-order valence-electron chi connectivity index (χ3n) is 4.21. The summed E-state index contributed by atoms with van der Waals surface area (Å²) in [6.07, 6.45) is 12.7. The number of hydrogen-bond acceptors (Lipinski definition) is 3. The molecule has 0 atom stereocenters. The van der Waals surface area contributed by atoms with Gasteiger partial charge < -0.3 is 20.1 Å². The molecule has 0 aliphatic heterocycles. The lowest BCUT2D eigenvalue weighted by molar-refractivity contribution is 0.0140. The minimum Gasteiger partial charge on any atom is -0.358 e. The van der Waals surface area contributed by atoms with Crippen molar-refractivity contribution in [3.05, 3.63) is 0 Å². The van der Waals surface area contributed by atoms with Gasteiger partial charge in [0.05, 0.1) is 12.2 Å². The molecule has 0 aromatic heterocycles. The van der Waals surface area contributed by atoms with Crippen LogP contribution in [0.15, 0.2) is 0 Å². The Morgan fingerprint density at radius 1 is 0.750 bits per heavy atom. The zero-order chi connectivity index (χ0) is 14.0. The molecule has 0 spiro atoms. The predicted octanol–water partition coefficient (Wildman–Crippen LogP) is 2.90. The van der Waals surface area contributed by atoms with Crippen molar-refractivity contribution in [3.63, 3.8) is 0 Å². The molecule has 0 bridgehead atoms. The number of nitrogens with one attached hydrogen (secondary N) is 2. The Bertz CT molecular complexity index is 248. The van der Waals surface area contributed by atoms with Gasteiger partial charge in [-0.3, -0.25) is 0 Å². The number of ether oxygens (including phenoxy) is 2. The second kappa shape index (κ2) is 9.19. The molecule has 0 saturated heterocycles. The van der Waals surface area contributed by atoms with Crippen LogP contribution in [0.2, 0.25) is 0 Å². The molecule has 5 heteroatoms. The first-order chi connectivity index (χ1) is 9.84. The molecule has 2 saturated carbocycles. The van der Waals surface area contributed by atoms with Gasteiger partial charge in [-0.2, -0.15) is 0 Å². The summed E-state index contributed by atoms with van der Waals surface area (Å²) in [5.41, 5.74) is 0. The predicted molar refractivity (Wildman–Crippen MR) is 77.3 cm³/mol. The maximum absolute atomic E-state index is 11.5. The van der Waals surface area contributed by atoms with E-state index in [0.717, 1.165) is 25.7 Å². The first-order valence-electron chi connectivity index (χ1n) is 8.09. The zero-order valence-corrected chi connectivity index (χ0v) is 12.4. The highest BCUT2D eigenvalue weighted by atomic mass is 16.5. The van der Waals surface area contributed by atoms with E-state index in [1.807, 2.05) is 0 Å². The highest BCUT2D eigenvalue weighted by Crippen LogP contribution is 2.20. The van der Waals surface area contributed by atoms with Gasteiger partial charge in [-0.1, -0.05) is 38.5 Å². The van der Waals surface area contributed by atoms with Crippen LogP contribution in [0, 0.1) is 0 Å². The number of urea groups is 1. The topological polar surface area (TPSA) is 59.6 Å². The third kappa shape index (κ3) is 6.09. The van der Waals surface area contributed by atoms with Gasteiger partial charge >= 0.3 is 6.03 Å². The molecule has 2 amide bonds. The molecule has 2 aliphatic rings. The maximum atomic E-state index is 11.5. The van der Waals surface area contributed by atoms with E-state index < -0.39 is 0 Å². The monoisotopic (exact) mass is 284 g/mol. The lowest BCUT2D eigenvalue weighted by atomic mass is 9.98. The molecule has 5 nitrogen and oxygen atoms in total. The van der Waals surface area contributed by atoms with Crippen molar-refractivity contribution in [2.75, 3.05) is 13.5 Å². The molecular formula is C15H28N2O3. The van der Waals surface area contributed by atoms with E-state index in [4.69, 9.17) is 9.47 Å². The molecule has 2 fully saturated rings.